The molecule has 0 fully saturated rings. The Morgan fingerprint density at radius 2 is 1.59 bits per heavy atom. The zero-order valence-corrected chi connectivity index (χ0v) is 20.9. The Kier molecular flexibility index (Phi) is 9.63. The maximum absolute atomic E-state index is 13.4. The Morgan fingerprint density at radius 1 is 0.882 bits per heavy atom. The minimum atomic E-state index is -0.765. The van der Waals surface area contributed by atoms with Gasteiger partial charge in [0.2, 0.25) is 5.91 Å². The lowest BCUT2D eigenvalue weighted by Gasteiger charge is -2.31. The van der Waals surface area contributed by atoms with E-state index in [0.29, 0.717) is 33.8 Å². The molecule has 0 aliphatic heterocycles. The van der Waals surface area contributed by atoms with Crippen LogP contribution < -0.4 is 10.1 Å². The molecular formula is C26H25Cl3N2O3. The number of halogens is 3. The second kappa shape index (κ2) is 12.7. The summed E-state index contributed by atoms with van der Waals surface area (Å²) in [6, 6.07) is 20.8. The van der Waals surface area contributed by atoms with Crippen LogP contribution in [-0.2, 0) is 22.6 Å². The molecule has 5 nitrogen and oxygen atoms in total. The average molecular weight is 520 g/mol. The second-order valence-corrected chi connectivity index (χ2v) is 8.81. The standard InChI is InChI=1S/C26H25Cl3N2O3/c1-2-30-26(33)23(15-18-8-4-3-5-9-18)31(16-19-12-13-20(27)22(29)14-19)25(32)17-34-24-11-7-6-10-21(24)28/h3-14,23H,2,15-17H2,1H3,(H,30,33). The molecule has 0 heterocycles. The Hall–Kier alpha value is -2.73. The Morgan fingerprint density at radius 3 is 2.26 bits per heavy atom. The van der Waals surface area contributed by atoms with Gasteiger partial charge in [0.05, 0.1) is 15.1 Å². The van der Waals surface area contributed by atoms with Crippen LogP contribution in [0.4, 0.5) is 0 Å². The van der Waals surface area contributed by atoms with Gasteiger partial charge in [-0.2, -0.15) is 0 Å². The van der Waals surface area contributed by atoms with E-state index in [2.05, 4.69) is 5.32 Å². The van der Waals surface area contributed by atoms with Gasteiger partial charge in [0.1, 0.15) is 11.8 Å². The minimum absolute atomic E-state index is 0.149. The molecule has 0 saturated heterocycles. The molecule has 0 aliphatic carbocycles. The molecular weight excluding hydrogens is 495 g/mol. The van der Waals surface area contributed by atoms with Crippen molar-refractivity contribution in [2.75, 3.05) is 13.2 Å². The van der Waals surface area contributed by atoms with E-state index < -0.39 is 6.04 Å². The zero-order valence-electron chi connectivity index (χ0n) is 18.6. The summed E-state index contributed by atoms with van der Waals surface area (Å²) in [7, 11) is 0. The van der Waals surface area contributed by atoms with E-state index in [1.807, 2.05) is 37.3 Å². The lowest BCUT2D eigenvalue weighted by Crippen LogP contribution is -2.51. The molecule has 178 valence electrons. The zero-order chi connectivity index (χ0) is 24.5. The summed E-state index contributed by atoms with van der Waals surface area (Å²) in [6.45, 7) is 2.14. The van der Waals surface area contributed by atoms with Gasteiger partial charge in [0, 0.05) is 19.5 Å². The molecule has 0 aromatic heterocycles. The van der Waals surface area contributed by atoms with Crippen molar-refractivity contribution in [1.82, 2.24) is 10.2 Å². The normalized spacial score (nSPS) is 11.5. The van der Waals surface area contributed by atoms with Crippen molar-refractivity contribution in [3.63, 3.8) is 0 Å². The van der Waals surface area contributed by atoms with Crippen LogP contribution in [0, 0.1) is 0 Å². The first-order valence-corrected chi connectivity index (χ1v) is 11.9. The molecule has 3 aromatic carbocycles. The first-order valence-electron chi connectivity index (χ1n) is 10.8. The molecule has 3 rings (SSSR count). The number of ether oxygens (including phenoxy) is 1. The Bertz CT molecular complexity index is 1130. The predicted molar refractivity (Wildman–Crippen MR) is 137 cm³/mol. The number of rotatable bonds is 10. The number of benzene rings is 3. The molecule has 1 unspecified atom stereocenters. The van der Waals surface area contributed by atoms with Gasteiger partial charge in [-0.25, -0.2) is 0 Å². The second-order valence-electron chi connectivity index (χ2n) is 7.59. The average Bonchev–Trinajstić information content (AvgIpc) is 2.83. The summed E-state index contributed by atoms with van der Waals surface area (Å²) in [5.41, 5.74) is 1.67. The van der Waals surface area contributed by atoms with Gasteiger partial charge in [-0.05, 0) is 42.3 Å². The molecule has 0 radical (unpaired) electrons. The molecule has 1 atom stereocenters. The first-order chi connectivity index (χ1) is 16.4. The van der Waals surface area contributed by atoms with E-state index in [4.69, 9.17) is 39.5 Å². The quantitative estimate of drug-likeness (QED) is 0.368. The van der Waals surface area contributed by atoms with Gasteiger partial charge < -0.3 is 15.0 Å². The van der Waals surface area contributed by atoms with E-state index in [1.54, 1.807) is 42.5 Å². The van der Waals surface area contributed by atoms with Crippen LogP contribution in [0.3, 0.4) is 0 Å². The number of nitrogens with zero attached hydrogens (tertiary/aromatic N) is 1. The Labute approximate surface area is 214 Å². The summed E-state index contributed by atoms with van der Waals surface area (Å²) >= 11 is 18.4. The minimum Gasteiger partial charge on any atom is -0.482 e. The van der Waals surface area contributed by atoms with Crippen molar-refractivity contribution in [3.05, 3.63) is 99.0 Å². The van der Waals surface area contributed by atoms with Gasteiger partial charge in [-0.3, -0.25) is 9.59 Å². The summed E-state index contributed by atoms with van der Waals surface area (Å²) in [6.07, 6.45) is 0.339. The summed E-state index contributed by atoms with van der Waals surface area (Å²) < 4.78 is 5.70. The van der Waals surface area contributed by atoms with Crippen LogP contribution >= 0.6 is 34.8 Å². The molecule has 34 heavy (non-hydrogen) atoms. The van der Waals surface area contributed by atoms with Gasteiger partial charge in [-0.15, -0.1) is 0 Å². The smallest absolute Gasteiger partial charge is 0.261 e. The molecule has 1 N–H and O–H groups in total. The highest BCUT2D eigenvalue weighted by atomic mass is 35.5. The number of hydrogen-bond donors (Lipinski definition) is 1. The fourth-order valence-electron chi connectivity index (χ4n) is 3.46. The Balaban J connectivity index is 1.92. The third-order valence-electron chi connectivity index (χ3n) is 5.15. The molecule has 0 aliphatic rings. The molecule has 2 amide bonds. The largest absolute Gasteiger partial charge is 0.482 e. The van der Waals surface area contributed by atoms with E-state index in [9.17, 15) is 9.59 Å². The lowest BCUT2D eigenvalue weighted by molar-refractivity contribution is -0.142. The number of hydrogen-bond acceptors (Lipinski definition) is 3. The van der Waals surface area contributed by atoms with Gasteiger partial charge in [0.15, 0.2) is 6.61 Å². The summed E-state index contributed by atoms with van der Waals surface area (Å²) in [5.74, 6) is -0.222. The summed E-state index contributed by atoms with van der Waals surface area (Å²) in [4.78, 5) is 28.1. The van der Waals surface area contributed by atoms with Crippen LogP contribution in [0.15, 0.2) is 72.8 Å². The number of likely N-dealkylation sites (N-methyl/N-ethyl adjacent to an activating group) is 1. The third kappa shape index (κ3) is 7.13. The highest BCUT2D eigenvalue weighted by molar-refractivity contribution is 6.42. The van der Waals surface area contributed by atoms with Crippen molar-refractivity contribution in [1.29, 1.82) is 0 Å². The van der Waals surface area contributed by atoms with Crippen molar-refractivity contribution in [2.24, 2.45) is 0 Å². The maximum Gasteiger partial charge on any atom is 0.261 e. The first kappa shape index (κ1) is 25.9. The SMILES string of the molecule is CCNC(=O)C(Cc1ccccc1)N(Cc1ccc(Cl)c(Cl)c1)C(=O)COc1ccccc1Cl. The van der Waals surface area contributed by atoms with Crippen molar-refractivity contribution in [3.8, 4) is 5.75 Å². The monoisotopic (exact) mass is 518 g/mol. The summed E-state index contributed by atoms with van der Waals surface area (Å²) in [5, 5.41) is 4.03. The van der Waals surface area contributed by atoms with Gasteiger partial charge >= 0.3 is 0 Å². The van der Waals surface area contributed by atoms with Crippen LogP contribution in [0.2, 0.25) is 15.1 Å². The van der Waals surface area contributed by atoms with E-state index >= 15 is 0 Å². The highest BCUT2D eigenvalue weighted by Gasteiger charge is 2.30. The lowest BCUT2D eigenvalue weighted by atomic mass is 10.0. The van der Waals surface area contributed by atoms with Crippen LogP contribution in [0.25, 0.3) is 0 Å². The van der Waals surface area contributed by atoms with E-state index in [1.165, 1.54) is 4.90 Å². The number of para-hydroxylation sites is 1. The molecule has 0 bridgehead atoms. The van der Waals surface area contributed by atoms with E-state index in [0.717, 1.165) is 11.1 Å². The number of nitrogens with one attached hydrogen (secondary N) is 1. The van der Waals surface area contributed by atoms with Crippen molar-refractivity contribution >= 4 is 46.6 Å². The number of amides is 2. The number of carbonyl (C=O) groups is 2. The van der Waals surface area contributed by atoms with Gasteiger partial charge in [-0.1, -0.05) is 83.3 Å². The van der Waals surface area contributed by atoms with E-state index in [-0.39, 0.29) is 25.0 Å². The molecule has 8 heteroatoms. The fraction of sp³-hybridized carbons (Fsp3) is 0.231. The third-order valence-corrected chi connectivity index (χ3v) is 6.20. The van der Waals surface area contributed by atoms with Crippen LogP contribution in [-0.4, -0.2) is 35.9 Å². The van der Waals surface area contributed by atoms with Gasteiger partial charge in [0.25, 0.3) is 5.91 Å². The highest BCUT2D eigenvalue weighted by Crippen LogP contribution is 2.25. The maximum atomic E-state index is 13.4. The topological polar surface area (TPSA) is 58.6 Å². The molecule has 0 saturated carbocycles. The predicted octanol–water partition coefficient (Wildman–Crippen LogP) is 5.80. The fourth-order valence-corrected chi connectivity index (χ4v) is 3.98. The molecule has 0 spiro atoms. The van der Waals surface area contributed by atoms with Crippen molar-refractivity contribution < 1.29 is 14.3 Å². The van der Waals surface area contributed by atoms with Crippen LogP contribution in [0.5, 0.6) is 5.75 Å². The van der Waals surface area contributed by atoms with Crippen LogP contribution in [0.1, 0.15) is 18.1 Å². The van der Waals surface area contributed by atoms with Crippen molar-refractivity contribution in [2.45, 2.75) is 25.9 Å². The molecule has 3 aromatic rings. The number of carbonyl (C=O) groups excluding carboxylic acids is 2.